The molecule has 0 unspecified atom stereocenters. The summed E-state index contributed by atoms with van der Waals surface area (Å²) in [6.07, 6.45) is 1.81. The summed E-state index contributed by atoms with van der Waals surface area (Å²) in [5.41, 5.74) is 2.20. The van der Waals surface area contributed by atoms with Crippen LogP contribution in [0.3, 0.4) is 0 Å². The van der Waals surface area contributed by atoms with E-state index < -0.39 is 0 Å². The standard InChI is InChI=1S/C18H17BrN2O2S2/c1-11-3-2-4-13-16(11)20-18(25-13)23-12-7-9-21(10-8-12)17(22)14-5-6-15(19)24-14/h2-6,12H,7-10H2,1H3. The van der Waals surface area contributed by atoms with Crippen molar-refractivity contribution in [2.45, 2.75) is 25.9 Å². The zero-order chi connectivity index (χ0) is 17.4. The Labute approximate surface area is 162 Å². The van der Waals surface area contributed by atoms with E-state index in [9.17, 15) is 4.79 Å². The molecule has 130 valence electrons. The van der Waals surface area contributed by atoms with Crippen LogP contribution in [-0.4, -0.2) is 35.0 Å². The summed E-state index contributed by atoms with van der Waals surface area (Å²) in [4.78, 5) is 19.8. The number of likely N-dealkylation sites (tertiary alicyclic amines) is 1. The molecule has 1 fully saturated rings. The van der Waals surface area contributed by atoms with Gasteiger partial charge >= 0.3 is 0 Å². The van der Waals surface area contributed by atoms with Gasteiger partial charge in [-0.3, -0.25) is 4.79 Å². The number of carbonyl (C=O) groups is 1. The number of para-hydroxylation sites is 1. The first-order valence-electron chi connectivity index (χ1n) is 8.17. The summed E-state index contributed by atoms with van der Waals surface area (Å²) in [7, 11) is 0. The molecular weight excluding hydrogens is 420 g/mol. The van der Waals surface area contributed by atoms with Gasteiger partial charge in [-0.1, -0.05) is 23.5 Å². The Hall–Kier alpha value is -1.44. The minimum Gasteiger partial charge on any atom is -0.467 e. The fourth-order valence-corrected chi connectivity index (χ4v) is 5.33. The van der Waals surface area contributed by atoms with Gasteiger partial charge in [0.2, 0.25) is 0 Å². The molecule has 1 aliphatic rings. The Morgan fingerprint density at radius 1 is 1.24 bits per heavy atom. The summed E-state index contributed by atoms with van der Waals surface area (Å²) >= 11 is 6.49. The van der Waals surface area contributed by atoms with E-state index >= 15 is 0 Å². The molecule has 1 aromatic carbocycles. The van der Waals surface area contributed by atoms with Crippen LogP contribution in [0.25, 0.3) is 10.2 Å². The van der Waals surface area contributed by atoms with Crippen molar-refractivity contribution in [1.82, 2.24) is 9.88 Å². The molecule has 4 nitrogen and oxygen atoms in total. The molecule has 0 radical (unpaired) electrons. The normalized spacial score (nSPS) is 15.7. The van der Waals surface area contributed by atoms with Crippen LogP contribution >= 0.6 is 38.6 Å². The molecule has 2 aromatic heterocycles. The summed E-state index contributed by atoms with van der Waals surface area (Å²) in [6.45, 7) is 3.52. The quantitative estimate of drug-likeness (QED) is 0.572. The Bertz CT molecular complexity index is 913. The zero-order valence-corrected chi connectivity index (χ0v) is 16.9. The highest BCUT2D eigenvalue weighted by atomic mass is 79.9. The first-order valence-corrected chi connectivity index (χ1v) is 10.6. The van der Waals surface area contributed by atoms with E-state index in [1.807, 2.05) is 23.1 Å². The lowest BCUT2D eigenvalue weighted by Crippen LogP contribution is -2.41. The van der Waals surface area contributed by atoms with Gasteiger partial charge in [0.25, 0.3) is 11.1 Å². The number of nitrogens with zero attached hydrogens (tertiary/aromatic N) is 2. The van der Waals surface area contributed by atoms with Crippen molar-refractivity contribution >= 4 is 54.7 Å². The van der Waals surface area contributed by atoms with Crippen LogP contribution in [0.2, 0.25) is 0 Å². The van der Waals surface area contributed by atoms with Gasteiger partial charge < -0.3 is 9.64 Å². The van der Waals surface area contributed by atoms with E-state index in [4.69, 9.17) is 4.74 Å². The molecule has 4 rings (SSSR count). The molecule has 0 saturated carbocycles. The van der Waals surface area contributed by atoms with Gasteiger partial charge in [-0.2, -0.15) is 0 Å². The van der Waals surface area contributed by atoms with Crippen molar-refractivity contribution in [2.75, 3.05) is 13.1 Å². The Balaban J connectivity index is 1.38. The molecule has 25 heavy (non-hydrogen) atoms. The van der Waals surface area contributed by atoms with Crippen LogP contribution in [0.4, 0.5) is 0 Å². The molecular formula is C18H17BrN2O2S2. The number of aromatic nitrogens is 1. The fourth-order valence-electron chi connectivity index (χ4n) is 3.02. The average molecular weight is 437 g/mol. The first kappa shape index (κ1) is 17.0. The van der Waals surface area contributed by atoms with Crippen LogP contribution in [-0.2, 0) is 0 Å². The molecule has 3 aromatic rings. The monoisotopic (exact) mass is 436 g/mol. The lowest BCUT2D eigenvalue weighted by Gasteiger charge is -2.31. The molecule has 1 saturated heterocycles. The van der Waals surface area contributed by atoms with E-state index in [1.165, 1.54) is 16.9 Å². The first-order chi connectivity index (χ1) is 12.1. The van der Waals surface area contributed by atoms with Crippen molar-refractivity contribution in [3.63, 3.8) is 0 Å². The maximum atomic E-state index is 12.5. The molecule has 0 spiro atoms. The minimum atomic E-state index is 0.116. The highest BCUT2D eigenvalue weighted by Crippen LogP contribution is 2.31. The number of thiophene rings is 1. The summed E-state index contributed by atoms with van der Waals surface area (Å²) in [6, 6.07) is 9.99. The zero-order valence-electron chi connectivity index (χ0n) is 13.7. The molecule has 0 bridgehead atoms. The number of hydrogen-bond acceptors (Lipinski definition) is 5. The lowest BCUT2D eigenvalue weighted by molar-refractivity contribution is 0.0600. The van der Waals surface area contributed by atoms with Crippen LogP contribution < -0.4 is 4.74 Å². The number of piperidine rings is 1. The second-order valence-corrected chi connectivity index (χ2v) is 9.57. The van der Waals surface area contributed by atoms with Gasteiger partial charge in [0.15, 0.2) is 0 Å². The van der Waals surface area contributed by atoms with Gasteiger partial charge in [-0.15, -0.1) is 11.3 Å². The maximum Gasteiger partial charge on any atom is 0.274 e. The largest absolute Gasteiger partial charge is 0.467 e. The third-order valence-corrected chi connectivity index (χ3v) is 6.90. The fraction of sp³-hybridized carbons (Fsp3) is 0.333. The van der Waals surface area contributed by atoms with E-state index in [0.29, 0.717) is 0 Å². The highest BCUT2D eigenvalue weighted by Gasteiger charge is 2.26. The van der Waals surface area contributed by atoms with Crippen LogP contribution in [0.15, 0.2) is 34.1 Å². The van der Waals surface area contributed by atoms with Crippen molar-refractivity contribution in [1.29, 1.82) is 0 Å². The number of benzene rings is 1. The Morgan fingerprint density at radius 3 is 2.72 bits per heavy atom. The molecule has 7 heteroatoms. The number of fused-ring (bicyclic) bond motifs is 1. The lowest BCUT2D eigenvalue weighted by atomic mass is 10.1. The van der Waals surface area contributed by atoms with E-state index in [1.54, 1.807) is 11.3 Å². The maximum absolute atomic E-state index is 12.5. The number of thiazole rings is 1. The number of hydrogen-bond donors (Lipinski definition) is 0. The third-order valence-electron chi connectivity index (χ3n) is 4.38. The number of halogens is 1. The van der Waals surface area contributed by atoms with Crippen LogP contribution in [0.5, 0.6) is 5.19 Å². The second kappa shape index (κ2) is 7.05. The van der Waals surface area contributed by atoms with Crippen LogP contribution in [0.1, 0.15) is 28.1 Å². The van der Waals surface area contributed by atoms with Crippen molar-refractivity contribution in [2.24, 2.45) is 0 Å². The van der Waals surface area contributed by atoms with Crippen molar-refractivity contribution in [3.05, 3.63) is 44.6 Å². The number of ether oxygens (including phenoxy) is 1. The van der Waals surface area contributed by atoms with E-state index in [-0.39, 0.29) is 12.0 Å². The van der Waals surface area contributed by atoms with Crippen molar-refractivity contribution < 1.29 is 9.53 Å². The SMILES string of the molecule is Cc1cccc2sc(OC3CCN(C(=O)c4ccc(Br)s4)CC3)nc12. The molecule has 0 aliphatic carbocycles. The van der Waals surface area contributed by atoms with E-state index in [0.717, 1.165) is 50.0 Å². The van der Waals surface area contributed by atoms with Gasteiger partial charge in [-0.05, 0) is 46.6 Å². The molecule has 1 amide bonds. The topological polar surface area (TPSA) is 42.4 Å². The predicted octanol–water partition coefficient (Wildman–Crippen LogP) is 5.11. The second-order valence-electron chi connectivity index (χ2n) is 6.11. The number of amides is 1. The Kier molecular flexibility index (Phi) is 4.80. The molecule has 0 atom stereocenters. The number of aryl methyl sites for hydroxylation is 1. The van der Waals surface area contributed by atoms with Gasteiger partial charge in [0, 0.05) is 25.9 Å². The number of carbonyl (C=O) groups excluding carboxylic acids is 1. The molecule has 3 heterocycles. The van der Waals surface area contributed by atoms with Crippen LogP contribution in [0, 0.1) is 6.92 Å². The minimum absolute atomic E-state index is 0.116. The van der Waals surface area contributed by atoms with Gasteiger partial charge in [0.05, 0.1) is 18.9 Å². The average Bonchev–Trinajstić information content (AvgIpc) is 3.22. The molecule has 1 aliphatic heterocycles. The summed E-state index contributed by atoms with van der Waals surface area (Å²) in [5.74, 6) is 0.116. The predicted molar refractivity (Wildman–Crippen MR) is 106 cm³/mol. The highest BCUT2D eigenvalue weighted by molar-refractivity contribution is 9.11. The third kappa shape index (κ3) is 3.59. The van der Waals surface area contributed by atoms with E-state index in [2.05, 4.69) is 40.0 Å². The smallest absolute Gasteiger partial charge is 0.274 e. The summed E-state index contributed by atoms with van der Waals surface area (Å²) < 4.78 is 8.24. The molecule has 0 N–H and O–H groups in total. The van der Waals surface area contributed by atoms with Gasteiger partial charge in [0.1, 0.15) is 6.10 Å². The summed E-state index contributed by atoms with van der Waals surface area (Å²) in [5, 5.41) is 0.733. The van der Waals surface area contributed by atoms with Crippen molar-refractivity contribution in [3.8, 4) is 5.19 Å². The Morgan fingerprint density at radius 2 is 2.04 bits per heavy atom. The van der Waals surface area contributed by atoms with Gasteiger partial charge in [-0.25, -0.2) is 4.98 Å². The number of rotatable bonds is 3.